The number of anilines is 2. The van der Waals surface area contributed by atoms with E-state index in [1.165, 1.54) is 0 Å². The van der Waals surface area contributed by atoms with E-state index in [0.717, 1.165) is 19.6 Å². The number of nitrogens with zero attached hydrogens (tertiary/aromatic N) is 1. The summed E-state index contributed by atoms with van der Waals surface area (Å²) >= 11 is 8.34. The fraction of sp³-hybridized carbons (Fsp3) is 0.111. The van der Waals surface area contributed by atoms with E-state index in [1.54, 1.807) is 0 Å². The van der Waals surface area contributed by atoms with Crippen LogP contribution in [0.25, 0.3) is 0 Å². The van der Waals surface area contributed by atoms with Crippen molar-refractivity contribution in [1.82, 2.24) is 0 Å². The first-order valence-corrected chi connectivity index (χ1v) is 8.72. The average molecular weight is 453 g/mol. The molecule has 0 saturated carbocycles. The molecule has 4 nitrogen and oxygen atoms in total. The maximum Gasteiger partial charge on any atom is 0.283 e. The molecule has 6 heteroatoms. The monoisotopic (exact) mass is 452 g/mol. The zero-order chi connectivity index (χ0) is 17.4. The summed E-state index contributed by atoms with van der Waals surface area (Å²) in [6.45, 7) is 3.77. The Morgan fingerprint density at radius 3 is 2.33 bits per heavy atom. The quantitative estimate of drug-likeness (QED) is 0.557. The molecule has 0 aromatic heterocycles. The predicted molar refractivity (Wildman–Crippen MR) is 104 cm³/mol. The smallest absolute Gasteiger partial charge is 0.283 e. The van der Waals surface area contributed by atoms with Gasteiger partial charge in [0.05, 0.1) is 5.69 Å². The summed E-state index contributed by atoms with van der Waals surface area (Å²) < 4.78 is 1.07. The van der Waals surface area contributed by atoms with E-state index in [1.807, 2.05) is 56.3 Å². The molecule has 1 N–H and O–H groups in total. The molecule has 0 spiro atoms. The number of rotatable bonds is 3. The zero-order valence-corrected chi connectivity index (χ0v) is 16.0. The molecule has 0 atom stereocenters. The molecule has 2 aromatic carbocycles. The molecule has 0 bridgehead atoms. The van der Waals surface area contributed by atoms with Crippen molar-refractivity contribution in [3.8, 4) is 0 Å². The molecular weight excluding hydrogens is 439 g/mol. The second kappa shape index (κ2) is 6.57. The maximum absolute atomic E-state index is 12.8. The minimum Gasteiger partial charge on any atom is -0.350 e. The van der Waals surface area contributed by atoms with Crippen LogP contribution < -0.4 is 10.2 Å². The molecule has 122 valence electrons. The highest BCUT2D eigenvalue weighted by Crippen LogP contribution is 2.32. The standard InChI is InChI=1S/C18H14ClIN2O2/c1-10-3-4-11(2)14(9-10)22-17(23)15(19)16(18(22)24)21-13-7-5-12(20)6-8-13/h3-9,21H,1-2H3. The number of nitrogens with one attached hydrogen (secondary N) is 1. The van der Waals surface area contributed by atoms with E-state index in [-0.39, 0.29) is 10.7 Å². The molecule has 0 saturated heterocycles. The topological polar surface area (TPSA) is 49.4 Å². The van der Waals surface area contributed by atoms with Gasteiger partial charge in [-0.15, -0.1) is 0 Å². The fourth-order valence-corrected chi connectivity index (χ4v) is 3.04. The molecule has 24 heavy (non-hydrogen) atoms. The number of imide groups is 1. The number of hydrogen-bond donors (Lipinski definition) is 1. The highest BCUT2D eigenvalue weighted by atomic mass is 127. The van der Waals surface area contributed by atoms with Crippen LogP contribution >= 0.6 is 34.2 Å². The molecule has 2 amide bonds. The van der Waals surface area contributed by atoms with Crippen LogP contribution in [0.3, 0.4) is 0 Å². The lowest BCUT2D eigenvalue weighted by Crippen LogP contribution is -2.32. The molecule has 0 unspecified atom stereocenters. The van der Waals surface area contributed by atoms with Crippen LogP contribution in [0.5, 0.6) is 0 Å². The summed E-state index contributed by atoms with van der Waals surface area (Å²) in [7, 11) is 0. The molecule has 2 aromatic rings. The number of carbonyl (C=O) groups is 2. The van der Waals surface area contributed by atoms with Gasteiger partial charge in [-0.1, -0.05) is 23.7 Å². The Morgan fingerprint density at radius 2 is 1.67 bits per heavy atom. The summed E-state index contributed by atoms with van der Waals surface area (Å²) in [6.07, 6.45) is 0. The number of carbonyl (C=O) groups excluding carboxylic acids is 2. The van der Waals surface area contributed by atoms with Crippen molar-refractivity contribution < 1.29 is 9.59 Å². The third-order valence-electron chi connectivity index (χ3n) is 3.75. The Kier molecular flexibility index (Phi) is 4.64. The van der Waals surface area contributed by atoms with E-state index in [4.69, 9.17) is 11.6 Å². The first-order chi connectivity index (χ1) is 11.4. The minimum absolute atomic E-state index is 0.0977. The van der Waals surface area contributed by atoms with Gasteiger partial charge in [0.25, 0.3) is 11.8 Å². The summed E-state index contributed by atoms with van der Waals surface area (Å²) in [4.78, 5) is 26.4. The number of aryl methyl sites for hydroxylation is 2. The fourth-order valence-electron chi connectivity index (χ4n) is 2.47. The summed E-state index contributed by atoms with van der Waals surface area (Å²) in [5, 5.41) is 2.87. The van der Waals surface area contributed by atoms with Crippen LogP contribution in [0.1, 0.15) is 11.1 Å². The van der Waals surface area contributed by atoms with Crippen molar-refractivity contribution >= 4 is 57.4 Å². The Labute approximate surface area is 158 Å². The normalized spacial score (nSPS) is 14.6. The van der Waals surface area contributed by atoms with Crippen LogP contribution in [0.15, 0.2) is 53.2 Å². The Bertz CT molecular complexity index is 875. The van der Waals surface area contributed by atoms with Gasteiger partial charge in [-0.05, 0) is 77.9 Å². The summed E-state index contributed by atoms with van der Waals surface area (Å²) in [5.41, 5.74) is 3.16. The summed E-state index contributed by atoms with van der Waals surface area (Å²) in [5.74, 6) is -0.958. The van der Waals surface area contributed by atoms with Crippen molar-refractivity contribution in [3.63, 3.8) is 0 Å². The van der Waals surface area contributed by atoms with Gasteiger partial charge < -0.3 is 5.32 Å². The van der Waals surface area contributed by atoms with Gasteiger partial charge in [0.15, 0.2) is 0 Å². The van der Waals surface area contributed by atoms with Crippen LogP contribution in [0, 0.1) is 17.4 Å². The zero-order valence-electron chi connectivity index (χ0n) is 13.1. The molecule has 1 aliphatic rings. The van der Waals surface area contributed by atoms with Crippen molar-refractivity contribution in [2.75, 3.05) is 10.2 Å². The first kappa shape index (κ1) is 17.0. The molecule has 0 fully saturated rings. The highest BCUT2D eigenvalue weighted by molar-refractivity contribution is 14.1. The van der Waals surface area contributed by atoms with E-state index in [0.29, 0.717) is 11.4 Å². The lowest BCUT2D eigenvalue weighted by molar-refractivity contribution is -0.120. The number of amides is 2. The molecule has 0 radical (unpaired) electrons. The first-order valence-electron chi connectivity index (χ1n) is 7.27. The van der Waals surface area contributed by atoms with Gasteiger partial charge in [-0.2, -0.15) is 0 Å². The molecule has 1 heterocycles. The SMILES string of the molecule is Cc1ccc(C)c(N2C(=O)C(Cl)=C(Nc3ccc(I)cc3)C2=O)c1. The van der Waals surface area contributed by atoms with E-state index in [2.05, 4.69) is 27.9 Å². The van der Waals surface area contributed by atoms with Gasteiger partial charge in [0, 0.05) is 9.26 Å². The van der Waals surface area contributed by atoms with Crippen molar-refractivity contribution in [2.45, 2.75) is 13.8 Å². The van der Waals surface area contributed by atoms with Crippen LogP contribution in [0.4, 0.5) is 11.4 Å². The maximum atomic E-state index is 12.8. The Morgan fingerprint density at radius 1 is 1.00 bits per heavy atom. The van der Waals surface area contributed by atoms with Crippen molar-refractivity contribution in [2.24, 2.45) is 0 Å². The third kappa shape index (κ3) is 3.06. The van der Waals surface area contributed by atoms with Crippen LogP contribution in [-0.4, -0.2) is 11.8 Å². The largest absolute Gasteiger partial charge is 0.350 e. The lowest BCUT2D eigenvalue weighted by Gasteiger charge is -2.18. The van der Waals surface area contributed by atoms with E-state index >= 15 is 0 Å². The Hall–Kier alpha value is -1.86. The average Bonchev–Trinajstić information content (AvgIpc) is 2.76. The molecule has 3 rings (SSSR count). The van der Waals surface area contributed by atoms with Crippen LogP contribution in [0.2, 0.25) is 0 Å². The molecular formula is C18H14ClIN2O2. The lowest BCUT2D eigenvalue weighted by atomic mass is 10.1. The van der Waals surface area contributed by atoms with Crippen molar-refractivity contribution in [1.29, 1.82) is 0 Å². The predicted octanol–water partition coefficient (Wildman–Crippen LogP) is 4.34. The van der Waals surface area contributed by atoms with E-state index in [9.17, 15) is 9.59 Å². The highest BCUT2D eigenvalue weighted by Gasteiger charge is 2.39. The second-order valence-corrected chi connectivity index (χ2v) is 7.18. The van der Waals surface area contributed by atoms with E-state index < -0.39 is 11.8 Å². The summed E-state index contributed by atoms with van der Waals surface area (Å²) in [6, 6.07) is 13.1. The molecule has 1 aliphatic heterocycles. The molecule has 0 aliphatic carbocycles. The van der Waals surface area contributed by atoms with Gasteiger partial charge in [0.2, 0.25) is 0 Å². The van der Waals surface area contributed by atoms with Gasteiger partial charge >= 0.3 is 0 Å². The number of hydrogen-bond acceptors (Lipinski definition) is 3. The Balaban J connectivity index is 1.95. The number of benzene rings is 2. The second-order valence-electron chi connectivity index (χ2n) is 5.56. The number of halogens is 2. The minimum atomic E-state index is -0.511. The van der Waals surface area contributed by atoms with Crippen molar-refractivity contribution in [3.05, 3.63) is 67.9 Å². The van der Waals surface area contributed by atoms with Gasteiger partial charge in [0.1, 0.15) is 10.7 Å². The van der Waals surface area contributed by atoms with Gasteiger partial charge in [-0.25, -0.2) is 4.90 Å². The third-order valence-corrected chi connectivity index (χ3v) is 4.82. The van der Waals surface area contributed by atoms with Crippen LogP contribution in [-0.2, 0) is 9.59 Å². The van der Waals surface area contributed by atoms with Gasteiger partial charge in [-0.3, -0.25) is 9.59 Å².